The Hall–Kier alpha value is -2.28. The van der Waals surface area contributed by atoms with E-state index >= 15 is 0 Å². The van der Waals surface area contributed by atoms with E-state index in [4.69, 9.17) is 4.74 Å². The molecule has 0 bridgehead atoms. The lowest BCUT2D eigenvalue weighted by Gasteiger charge is -2.17. The van der Waals surface area contributed by atoms with Gasteiger partial charge in [0.1, 0.15) is 15.6 Å². The van der Waals surface area contributed by atoms with E-state index in [1.165, 1.54) is 17.0 Å². The first kappa shape index (κ1) is 20.5. The monoisotopic (exact) mass is 403 g/mol. The largest absolute Gasteiger partial charge is 0.494 e. The van der Waals surface area contributed by atoms with E-state index in [-0.39, 0.29) is 11.2 Å². The number of nitrogens with zero attached hydrogens (tertiary/aromatic N) is 1. The van der Waals surface area contributed by atoms with Crippen LogP contribution >= 0.6 is 0 Å². The Balaban J connectivity index is 1.36. The number of hydrogen-bond acceptors (Lipinski definition) is 4. The normalized spacial score (nSPS) is 16.0. The van der Waals surface area contributed by atoms with Gasteiger partial charge in [0.25, 0.3) is 0 Å². The van der Waals surface area contributed by atoms with Crippen molar-refractivity contribution >= 4 is 26.6 Å². The predicted molar refractivity (Wildman–Crippen MR) is 115 cm³/mol. The third-order valence-electron chi connectivity index (χ3n) is 4.98. The van der Waals surface area contributed by atoms with Gasteiger partial charge in [-0.3, -0.25) is 4.99 Å². The van der Waals surface area contributed by atoms with Crippen molar-refractivity contribution in [3.05, 3.63) is 42.5 Å². The highest BCUT2D eigenvalue weighted by Gasteiger charge is 2.45. The average molecular weight is 404 g/mol. The van der Waals surface area contributed by atoms with Gasteiger partial charge in [-0.1, -0.05) is 30.3 Å². The number of rotatable bonds is 9. The van der Waals surface area contributed by atoms with E-state index in [0.717, 1.165) is 31.6 Å². The van der Waals surface area contributed by atoms with E-state index < -0.39 is 9.84 Å². The number of aliphatic imine (C=N–C) groups is 1. The van der Waals surface area contributed by atoms with Crippen LogP contribution in [0.2, 0.25) is 0 Å². The van der Waals surface area contributed by atoms with Gasteiger partial charge in [-0.2, -0.15) is 0 Å². The quantitative estimate of drug-likeness (QED) is 0.382. The second-order valence-corrected chi connectivity index (χ2v) is 9.77. The molecule has 0 atom stereocenters. The Bertz CT molecular complexity index is 937. The fourth-order valence-electron chi connectivity index (χ4n) is 3.32. The van der Waals surface area contributed by atoms with Crippen molar-refractivity contribution in [2.24, 2.45) is 10.4 Å². The molecule has 1 fully saturated rings. The second-order valence-electron chi connectivity index (χ2n) is 7.63. The number of fused-ring (bicyclic) bond motifs is 1. The van der Waals surface area contributed by atoms with Gasteiger partial charge in [0, 0.05) is 31.8 Å². The van der Waals surface area contributed by atoms with Gasteiger partial charge in [0.15, 0.2) is 5.96 Å². The van der Waals surface area contributed by atoms with E-state index in [9.17, 15) is 8.42 Å². The van der Waals surface area contributed by atoms with Crippen LogP contribution in [-0.2, 0) is 9.84 Å². The fourth-order valence-corrected chi connectivity index (χ4v) is 4.83. The van der Waals surface area contributed by atoms with Crippen molar-refractivity contribution in [3.8, 4) is 5.75 Å². The zero-order valence-corrected chi connectivity index (χ0v) is 17.4. The molecule has 0 radical (unpaired) electrons. The van der Waals surface area contributed by atoms with Gasteiger partial charge in [-0.25, -0.2) is 8.42 Å². The molecule has 28 heavy (non-hydrogen) atoms. The molecule has 0 saturated heterocycles. The second kappa shape index (κ2) is 8.82. The first-order valence-corrected chi connectivity index (χ1v) is 11.7. The summed E-state index contributed by atoms with van der Waals surface area (Å²) in [5.41, 5.74) is -0.121. The van der Waals surface area contributed by atoms with Gasteiger partial charge in [0.2, 0.25) is 0 Å². The third kappa shape index (κ3) is 6.12. The number of benzene rings is 2. The first-order valence-electron chi connectivity index (χ1n) is 9.63. The Kier molecular flexibility index (Phi) is 6.44. The summed E-state index contributed by atoms with van der Waals surface area (Å²) >= 11 is 0. The SMILES string of the molecule is CN=C(NCCCOc1ccc2ccccc2c1)NCC1(CS(C)(=O)=O)CC1. The lowest BCUT2D eigenvalue weighted by Crippen LogP contribution is -2.42. The minimum Gasteiger partial charge on any atom is -0.494 e. The number of guanidine groups is 1. The van der Waals surface area contributed by atoms with Crippen LogP contribution in [0.4, 0.5) is 0 Å². The van der Waals surface area contributed by atoms with Gasteiger partial charge in [-0.05, 0) is 42.2 Å². The lowest BCUT2D eigenvalue weighted by molar-refractivity contribution is 0.311. The molecule has 2 aromatic carbocycles. The maximum absolute atomic E-state index is 11.5. The molecule has 152 valence electrons. The third-order valence-corrected chi connectivity index (χ3v) is 6.12. The highest BCUT2D eigenvalue weighted by atomic mass is 32.2. The van der Waals surface area contributed by atoms with Crippen molar-refractivity contribution in [2.75, 3.05) is 38.8 Å². The molecule has 7 heteroatoms. The Labute approximate surface area is 167 Å². The highest BCUT2D eigenvalue weighted by molar-refractivity contribution is 7.90. The minimum absolute atomic E-state index is 0.121. The molecule has 3 rings (SSSR count). The number of ether oxygens (including phenoxy) is 1. The summed E-state index contributed by atoms with van der Waals surface area (Å²) in [6.45, 7) is 1.97. The number of sulfone groups is 1. The van der Waals surface area contributed by atoms with Crippen molar-refractivity contribution in [3.63, 3.8) is 0 Å². The molecular weight excluding hydrogens is 374 g/mol. The number of nitrogens with one attached hydrogen (secondary N) is 2. The molecule has 0 amide bonds. The average Bonchev–Trinajstić information content (AvgIpc) is 3.41. The van der Waals surface area contributed by atoms with Gasteiger partial charge < -0.3 is 15.4 Å². The molecule has 1 aliphatic carbocycles. The highest BCUT2D eigenvalue weighted by Crippen LogP contribution is 2.45. The maximum atomic E-state index is 11.5. The van der Waals surface area contributed by atoms with Crippen molar-refractivity contribution in [1.82, 2.24) is 10.6 Å². The Morgan fingerprint density at radius 3 is 2.57 bits per heavy atom. The van der Waals surface area contributed by atoms with Crippen LogP contribution in [-0.4, -0.2) is 53.1 Å². The lowest BCUT2D eigenvalue weighted by atomic mass is 10.1. The predicted octanol–water partition coefficient (Wildman–Crippen LogP) is 2.60. The summed E-state index contributed by atoms with van der Waals surface area (Å²) in [5, 5.41) is 8.89. The van der Waals surface area contributed by atoms with Crippen LogP contribution in [0.1, 0.15) is 19.3 Å². The maximum Gasteiger partial charge on any atom is 0.190 e. The molecule has 2 N–H and O–H groups in total. The topological polar surface area (TPSA) is 79.8 Å². The molecule has 0 aliphatic heterocycles. The van der Waals surface area contributed by atoms with Crippen LogP contribution in [0, 0.1) is 5.41 Å². The van der Waals surface area contributed by atoms with Crippen molar-refractivity contribution in [2.45, 2.75) is 19.3 Å². The molecule has 0 aromatic heterocycles. The van der Waals surface area contributed by atoms with Crippen molar-refractivity contribution in [1.29, 1.82) is 0 Å². The molecule has 1 aliphatic rings. The number of hydrogen-bond donors (Lipinski definition) is 2. The molecule has 0 spiro atoms. The smallest absolute Gasteiger partial charge is 0.190 e. The summed E-state index contributed by atoms with van der Waals surface area (Å²) in [4.78, 5) is 4.21. The molecule has 0 unspecified atom stereocenters. The van der Waals surface area contributed by atoms with Crippen molar-refractivity contribution < 1.29 is 13.2 Å². The fraction of sp³-hybridized carbons (Fsp3) is 0.476. The molecule has 0 heterocycles. The molecule has 1 saturated carbocycles. The Morgan fingerprint density at radius 1 is 1.14 bits per heavy atom. The molecule has 6 nitrogen and oxygen atoms in total. The summed E-state index contributed by atoms with van der Waals surface area (Å²) in [5.74, 6) is 1.81. The van der Waals surface area contributed by atoms with E-state index in [2.05, 4.69) is 39.9 Å². The standard InChI is InChI=1S/C21H29N3O3S/c1-22-20(24-15-21(10-11-21)16-28(2,25)26)23-12-5-13-27-19-9-8-17-6-3-4-7-18(17)14-19/h3-4,6-9,14H,5,10-13,15-16H2,1-2H3,(H2,22,23,24). The summed E-state index contributed by atoms with van der Waals surface area (Å²) < 4.78 is 28.9. The van der Waals surface area contributed by atoms with E-state index in [1.54, 1.807) is 7.05 Å². The van der Waals surface area contributed by atoms with E-state index in [1.807, 2.05) is 18.2 Å². The van der Waals surface area contributed by atoms with Crippen LogP contribution in [0.5, 0.6) is 5.75 Å². The summed E-state index contributed by atoms with van der Waals surface area (Å²) in [6, 6.07) is 14.3. The zero-order chi connectivity index (χ0) is 20.0. The summed E-state index contributed by atoms with van der Waals surface area (Å²) in [6.07, 6.45) is 4.03. The Morgan fingerprint density at radius 2 is 1.89 bits per heavy atom. The molecular formula is C21H29N3O3S. The van der Waals surface area contributed by atoms with Crippen LogP contribution < -0.4 is 15.4 Å². The van der Waals surface area contributed by atoms with Gasteiger partial charge >= 0.3 is 0 Å². The first-order chi connectivity index (χ1) is 13.4. The van der Waals surface area contributed by atoms with Crippen LogP contribution in [0.25, 0.3) is 10.8 Å². The minimum atomic E-state index is -2.96. The molecule has 2 aromatic rings. The van der Waals surface area contributed by atoms with Crippen LogP contribution in [0.15, 0.2) is 47.5 Å². The van der Waals surface area contributed by atoms with Gasteiger partial charge in [-0.15, -0.1) is 0 Å². The van der Waals surface area contributed by atoms with E-state index in [0.29, 0.717) is 19.1 Å². The van der Waals surface area contributed by atoms with Gasteiger partial charge in [0.05, 0.1) is 12.4 Å². The van der Waals surface area contributed by atoms with Crippen LogP contribution in [0.3, 0.4) is 0 Å². The zero-order valence-electron chi connectivity index (χ0n) is 16.6. The summed E-state index contributed by atoms with van der Waals surface area (Å²) in [7, 11) is -1.24.